The molecule has 3 aromatic carbocycles. The molecule has 0 aliphatic carbocycles. The Morgan fingerprint density at radius 2 is 1.77 bits per heavy atom. The van der Waals surface area contributed by atoms with Crippen molar-refractivity contribution in [2.45, 2.75) is 33.1 Å². The Kier molecular flexibility index (Phi) is 4.56. The zero-order chi connectivity index (χ0) is 21.9. The van der Waals surface area contributed by atoms with Crippen molar-refractivity contribution in [3.8, 4) is 11.3 Å². The van der Waals surface area contributed by atoms with Crippen LogP contribution in [-0.4, -0.2) is 11.5 Å². The van der Waals surface area contributed by atoms with E-state index in [4.69, 9.17) is 16.6 Å². The Morgan fingerprint density at radius 3 is 2.55 bits per heavy atom. The van der Waals surface area contributed by atoms with E-state index in [1.807, 2.05) is 31.2 Å². The number of hydrogen-bond acceptors (Lipinski definition) is 2. The summed E-state index contributed by atoms with van der Waals surface area (Å²) >= 11 is 6.73. The molecule has 0 atom stereocenters. The molecule has 0 radical (unpaired) electrons. The summed E-state index contributed by atoms with van der Waals surface area (Å²) in [6.07, 6.45) is 0. The third-order valence-electron chi connectivity index (χ3n) is 6.30. The highest BCUT2D eigenvalue weighted by molar-refractivity contribution is 6.36. The van der Waals surface area contributed by atoms with Crippen LogP contribution in [0.25, 0.3) is 22.2 Å². The molecule has 0 spiro atoms. The van der Waals surface area contributed by atoms with Crippen LogP contribution in [0, 0.1) is 19.7 Å². The lowest BCUT2D eigenvalue weighted by Gasteiger charge is -2.27. The predicted molar refractivity (Wildman–Crippen MR) is 128 cm³/mol. The van der Waals surface area contributed by atoms with Gasteiger partial charge in [0.15, 0.2) is 0 Å². The van der Waals surface area contributed by atoms with Crippen LogP contribution in [0.3, 0.4) is 0 Å². The van der Waals surface area contributed by atoms with Crippen molar-refractivity contribution < 1.29 is 4.39 Å². The van der Waals surface area contributed by atoms with Gasteiger partial charge in [0.2, 0.25) is 0 Å². The summed E-state index contributed by atoms with van der Waals surface area (Å²) in [6, 6.07) is 19.2. The summed E-state index contributed by atoms with van der Waals surface area (Å²) in [5.74, 6) is -0.275. The molecule has 31 heavy (non-hydrogen) atoms. The van der Waals surface area contributed by atoms with E-state index in [-0.39, 0.29) is 11.2 Å². The molecular formula is C27H24ClFN2. The van der Waals surface area contributed by atoms with Crippen LogP contribution in [-0.2, 0) is 5.41 Å². The molecular weight excluding hydrogens is 407 g/mol. The van der Waals surface area contributed by atoms with Gasteiger partial charge in [-0.15, -0.1) is 0 Å². The van der Waals surface area contributed by atoms with Crippen LogP contribution in [0.4, 0.5) is 15.8 Å². The lowest BCUT2D eigenvalue weighted by atomic mass is 9.87. The molecule has 5 rings (SSSR count). The fourth-order valence-electron chi connectivity index (χ4n) is 4.80. The van der Waals surface area contributed by atoms with Crippen LogP contribution < -0.4 is 4.90 Å². The molecule has 0 bridgehead atoms. The van der Waals surface area contributed by atoms with E-state index >= 15 is 0 Å². The molecule has 4 aromatic rings. The number of hydrogen-bond donors (Lipinski definition) is 0. The molecule has 0 fully saturated rings. The van der Waals surface area contributed by atoms with Gasteiger partial charge in [-0.3, -0.25) is 0 Å². The van der Waals surface area contributed by atoms with E-state index in [0.29, 0.717) is 16.3 Å². The first-order chi connectivity index (χ1) is 14.8. The van der Waals surface area contributed by atoms with Crippen molar-refractivity contribution in [1.29, 1.82) is 0 Å². The predicted octanol–water partition coefficient (Wildman–Crippen LogP) is 7.74. The van der Waals surface area contributed by atoms with Gasteiger partial charge in [-0.05, 0) is 60.9 Å². The second-order valence-corrected chi connectivity index (χ2v) is 9.45. The number of aromatic nitrogens is 1. The van der Waals surface area contributed by atoms with Gasteiger partial charge in [0.05, 0.1) is 21.9 Å². The number of pyridine rings is 1. The third kappa shape index (κ3) is 3.11. The van der Waals surface area contributed by atoms with Crippen molar-refractivity contribution in [2.75, 3.05) is 11.4 Å². The fourth-order valence-corrected chi connectivity index (χ4v) is 5.06. The average molecular weight is 431 g/mol. The van der Waals surface area contributed by atoms with E-state index < -0.39 is 0 Å². The average Bonchev–Trinajstić information content (AvgIpc) is 2.98. The largest absolute Gasteiger partial charge is 0.339 e. The molecule has 0 N–H and O–H groups in total. The van der Waals surface area contributed by atoms with E-state index in [0.717, 1.165) is 28.7 Å². The highest BCUT2D eigenvalue weighted by atomic mass is 35.5. The van der Waals surface area contributed by atoms with E-state index in [1.165, 1.54) is 22.9 Å². The van der Waals surface area contributed by atoms with Gasteiger partial charge in [0.1, 0.15) is 5.82 Å². The Hall–Kier alpha value is -2.91. The molecule has 4 heteroatoms. The first-order valence-electron chi connectivity index (χ1n) is 10.5. The van der Waals surface area contributed by atoms with Crippen molar-refractivity contribution in [1.82, 2.24) is 4.98 Å². The molecule has 0 unspecified atom stereocenters. The lowest BCUT2D eigenvalue weighted by Crippen LogP contribution is -2.26. The van der Waals surface area contributed by atoms with Crippen LogP contribution in [0.2, 0.25) is 5.02 Å². The Bertz CT molecular complexity index is 1340. The summed E-state index contributed by atoms with van der Waals surface area (Å²) in [4.78, 5) is 7.20. The maximum Gasteiger partial charge on any atom is 0.132 e. The molecule has 0 saturated carbocycles. The highest BCUT2D eigenvalue weighted by Crippen LogP contribution is 2.49. The smallest absolute Gasteiger partial charge is 0.132 e. The SMILES string of the molecule is Cc1ccc2c(c1)N(c1c(C)c(-c3ccccc3F)nc3cccc(Cl)c13)CC2(C)C. The van der Waals surface area contributed by atoms with Gasteiger partial charge >= 0.3 is 0 Å². The minimum absolute atomic E-state index is 0.0233. The van der Waals surface area contributed by atoms with E-state index in [9.17, 15) is 4.39 Å². The molecule has 0 amide bonds. The molecule has 1 aromatic heterocycles. The van der Waals surface area contributed by atoms with Gasteiger partial charge < -0.3 is 4.90 Å². The molecule has 1 aliphatic heterocycles. The quantitative estimate of drug-likeness (QED) is 0.323. The van der Waals surface area contributed by atoms with Crippen LogP contribution in [0.5, 0.6) is 0 Å². The molecule has 156 valence electrons. The summed E-state index contributed by atoms with van der Waals surface area (Å²) in [5, 5.41) is 1.56. The number of aryl methyl sites for hydroxylation is 1. The zero-order valence-electron chi connectivity index (χ0n) is 18.1. The Labute approximate surface area is 187 Å². The number of nitrogens with zero attached hydrogens (tertiary/aromatic N) is 2. The van der Waals surface area contributed by atoms with Gasteiger partial charge in [-0.2, -0.15) is 0 Å². The number of halogens is 2. The fraction of sp³-hybridized carbons (Fsp3) is 0.222. The first-order valence-corrected chi connectivity index (χ1v) is 10.9. The topological polar surface area (TPSA) is 16.1 Å². The van der Waals surface area contributed by atoms with Crippen molar-refractivity contribution >= 4 is 33.9 Å². The van der Waals surface area contributed by atoms with Gasteiger partial charge in [-0.1, -0.05) is 55.8 Å². The molecule has 1 aliphatic rings. The molecule has 2 nitrogen and oxygen atoms in total. The molecule has 2 heterocycles. The van der Waals surface area contributed by atoms with E-state index in [2.05, 4.69) is 43.9 Å². The Morgan fingerprint density at radius 1 is 1.00 bits per heavy atom. The summed E-state index contributed by atoms with van der Waals surface area (Å²) < 4.78 is 14.8. The van der Waals surface area contributed by atoms with Gasteiger partial charge in [0, 0.05) is 28.6 Å². The monoisotopic (exact) mass is 430 g/mol. The number of rotatable bonds is 2. The lowest BCUT2D eigenvalue weighted by molar-refractivity contribution is 0.569. The summed E-state index contributed by atoms with van der Waals surface area (Å²) in [7, 11) is 0. The standard InChI is InChI=1S/C27H24ClFN2/c1-16-12-13-19-23(14-16)31(15-27(19,3)4)26-17(2)25(18-8-5-6-10-21(18)29)30-22-11-7-9-20(28)24(22)26/h5-14H,15H2,1-4H3. The second kappa shape index (κ2) is 7.06. The van der Waals surface area contributed by atoms with E-state index in [1.54, 1.807) is 12.1 Å². The molecule has 0 saturated heterocycles. The minimum Gasteiger partial charge on any atom is -0.339 e. The maximum atomic E-state index is 14.8. The minimum atomic E-state index is -0.275. The second-order valence-electron chi connectivity index (χ2n) is 9.04. The number of fused-ring (bicyclic) bond motifs is 2. The maximum absolute atomic E-state index is 14.8. The van der Waals surface area contributed by atoms with Crippen LogP contribution in [0.15, 0.2) is 60.7 Å². The number of benzene rings is 3. The van der Waals surface area contributed by atoms with Crippen molar-refractivity contribution in [3.63, 3.8) is 0 Å². The van der Waals surface area contributed by atoms with Gasteiger partial charge in [-0.25, -0.2) is 9.37 Å². The van der Waals surface area contributed by atoms with Crippen molar-refractivity contribution in [3.05, 3.63) is 88.2 Å². The number of anilines is 2. The normalized spacial score (nSPS) is 14.8. The highest BCUT2D eigenvalue weighted by Gasteiger charge is 2.37. The summed E-state index contributed by atoms with van der Waals surface area (Å²) in [6.45, 7) is 9.47. The zero-order valence-corrected chi connectivity index (χ0v) is 18.9. The van der Waals surface area contributed by atoms with Crippen LogP contribution >= 0.6 is 11.6 Å². The Balaban J connectivity index is 1.87. The first kappa shape index (κ1) is 20.0. The summed E-state index contributed by atoms with van der Waals surface area (Å²) in [5.41, 5.74) is 7.53. The van der Waals surface area contributed by atoms with Gasteiger partial charge in [0.25, 0.3) is 0 Å². The van der Waals surface area contributed by atoms with Crippen LogP contribution in [0.1, 0.15) is 30.5 Å². The third-order valence-corrected chi connectivity index (χ3v) is 6.61. The van der Waals surface area contributed by atoms with Crippen molar-refractivity contribution in [2.24, 2.45) is 0 Å².